The molecule has 376 valence electrons. The summed E-state index contributed by atoms with van der Waals surface area (Å²) in [6, 6.07) is 16.0. The first-order valence-corrected chi connectivity index (χ1v) is 26.3. The Balaban J connectivity index is 0.763. The molecule has 4 N–H and O–H groups in total. The van der Waals surface area contributed by atoms with Gasteiger partial charge in [-0.25, -0.2) is 9.50 Å². The molecule has 2 saturated heterocycles. The lowest BCUT2D eigenvalue weighted by Crippen LogP contribution is -2.58. The lowest BCUT2D eigenvalue weighted by molar-refractivity contribution is -0.145. The molecule has 3 aliphatic rings. The Labute approximate surface area is 426 Å². The van der Waals surface area contributed by atoms with Crippen molar-refractivity contribution in [3.8, 4) is 38.5 Å². The molecular formula is C52H61N13O5S2. The Bertz CT molecular complexity index is 2990. The largest absolute Gasteiger partial charge is 0.391 e. The molecule has 20 heteroatoms. The third-order valence-electron chi connectivity index (χ3n) is 13.9. The highest BCUT2D eigenvalue weighted by molar-refractivity contribution is 7.18. The Morgan fingerprint density at radius 3 is 2.33 bits per heavy atom. The molecule has 0 spiro atoms. The number of pyridine rings is 1. The molecule has 3 atom stereocenters. The fourth-order valence-corrected chi connectivity index (χ4v) is 11.7. The quantitative estimate of drug-likeness (QED) is 0.0997. The van der Waals surface area contributed by atoms with E-state index in [1.54, 1.807) is 28.1 Å². The van der Waals surface area contributed by atoms with Gasteiger partial charge in [0.1, 0.15) is 18.2 Å². The second kappa shape index (κ2) is 21.1. The summed E-state index contributed by atoms with van der Waals surface area (Å²) in [4.78, 5) is 71.5. The van der Waals surface area contributed by atoms with Crippen LogP contribution in [0.25, 0.3) is 37.9 Å². The van der Waals surface area contributed by atoms with Gasteiger partial charge < -0.3 is 35.8 Å². The number of aliphatic hydroxyl groups is 1. The van der Waals surface area contributed by atoms with Crippen LogP contribution in [0, 0.1) is 35.5 Å². The summed E-state index contributed by atoms with van der Waals surface area (Å²) in [5.74, 6) is -1.46. The maximum atomic E-state index is 14.3. The standard InChI is InChI=1S/C52H61N13O5S2/c1-30(2)58-40-23-41(42-16-15-37-21-33(24-53)26-57-65(37)42)54-27-39(40)48-60-61-51(72-48)63-19-17-62(18-20-63)49(69)36-13-11-35(12-14-36)46(67)59-45(52(4,5)6)50(70)64-28-38(66)22-43(64)47(68)55-25-32-7-9-34(10-8-32)44-31(3)56-29-71-44/h7-10,15-16,21,23,26-27,29-30,35-36,38,43,45,66H,11-14,17-20,22,25,28H2,1-6H3,(H,54,58)(H,55,68)(H,59,67)/t35-,36-,38-,43+,45?/m1/s1. The van der Waals surface area contributed by atoms with Crippen molar-refractivity contribution in [2.24, 2.45) is 17.3 Å². The van der Waals surface area contributed by atoms with Gasteiger partial charge in [-0.15, -0.1) is 21.5 Å². The van der Waals surface area contributed by atoms with Crippen LogP contribution >= 0.6 is 22.7 Å². The van der Waals surface area contributed by atoms with Crippen molar-refractivity contribution in [1.82, 2.24) is 50.2 Å². The predicted molar refractivity (Wildman–Crippen MR) is 277 cm³/mol. The van der Waals surface area contributed by atoms with Gasteiger partial charge in [0.2, 0.25) is 28.8 Å². The lowest BCUT2D eigenvalue weighted by atomic mass is 9.80. The number of aryl methyl sites for hydroxylation is 1. The Morgan fingerprint density at radius 2 is 1.65 bits per heavy atom. The minimum atomic E-state index is -0.931. The number of nitrogens with zero attached hydrogens (tertiary/aromatic N) is 10. The first-order valence-electron chi connectivity index (χ1n) is 24.6. The topological polar surface area (TPSA) is 227 Å². The summed E-state index contributed by atoms with van der Waals surface area (Å²) >= 11 is 3.06. The van der Waals surface area contributed by atoms with Crippen LogP contribution in [-0.2, 0) is 25.7 Å². The number of likely N-dealkylation sites (tertiary alicyclic amines) is 1. The number of piperazine rings is 1. The molecule has 5 aromatic heterocycles. The fourth-order valence-electron chi connectivity index (χ4n) is 9.92. The first kappa shape index (κ1) is 50.1. The fraction of sp³-hybridized carbons (Fsp3) is 0.462. The summed E-state index contributed by atoms with van der Waals surface area (Å²) in [5.41, 5.74) is 8.54. The van der Waals surface area contributed by atoms with Crippen LogP contribution in [-0.4, -0.2) is 125 Å². The molecule has 18 nitrogen and oxygen atoms in total. The number of aliphatic hydroxyl groups excluding tert-OH is 1. The van der Waals surface area contributed by atoms with Crippen molar-refractivity contribution in [1.29, 1.82) is 5.26 Å². The summed E-state index contributed by atoms with van der Waals surface area (Å²) in [6.07, 6.45) is 4.75. The van der Waals surface area contributed by atoms with Gasteiger partial charge in [-0.1, -0.05) is 56.4 Å². The number of carbonyl (C=O) groups excluding carboxylic acids is 4. The number of nitriles is 1. The van der Waals surface area contributed by atoms with E-state index in [4.69, 9.17) is 4.98 Å². The van der Waals surface area contributed by atoms with Crippen molar-refractivity contribution >= 4 is 62.6 Å². The van der Waals surface area contributed by atoms with Crippen LogP contribution in [0.15, 0.2) is 66.4 Å². The van der Waals surface area contributed by atoms with Crippen molar-refractivity contribution in [2.45, 2.75) is 104 Å². The molecule has 2 aliphatic heterocycles. The zero-order valence-corrected chi connectivity index (χ0v) is 43.1. The number of thiazole rings is 1. The number of rotatable bonds is 13. The monoisotopic (exact) mass is 1010 g/mol. The molecule has 72 heavy (non-hydrogen) atoms. The van der Waals surface area contributed by atoms with E-state index in [-0.39, 0.29) is 55.1 Å². The van der Waals surface area contributed by atoms with E-state index < -0.39 is 29.5 Å². The van der Waals surface area contributed by atoms with Crippen LogP contribution in [0.3, 0.4) is 0 Å². The normalized spacial score (nSPS) is 19.8. The minimum absolute atomic E-state index is 0.00532. The lowest BCUT2D eigenvalue weighted by Gasteiger charge is -2.38. The number of nitrogens with one attached hydrogen (secondary N) is 3. The minimum Gasteiger partial charge on any atom is -0.391 e. The number of β-amino-alcohol motifs (C(OH)–C–C–N with tert-alkyl or cyclic N) is 1. The molecule has 0 bridgehead atoms. The Hall–Kier alpha value is -6.82. The molecule has 1 saturated carbocycles. The molecule has 1 aliphatic carbocycles. The SMILES string of the molecule is Cc1ncsc1-c1ccc(CNC(=O)[C@@H]2C[C@@H](O)CN2C(=O)C(NC(=O)[C@H]2CC[C@H](C(=O)N3CCN(c4nnc(-c5cnc(-c6ccc7cc(C#N)cnn67)cc5NC(C)C)s4)CC3)CC2)C(C)(C)C)cc1. The third-order valence-corrected chi connectivity index (χ3v) is 15.9. The molecule has 7 heterocycles. The van der Waals surface area contributed by atoms with Crippen molar-refractivity contribution in [3.63, 3.8) is 0 Å². The molecule has 4 amide bonds. The zero-order valence-electron chi connectivity index (χ0n) is 41.5. The van der Waals surface area contributed by atoms with Crippen molar-refractivity contribution in [3.05, 3.63) is 83.3 Å². The van der Waals surface area contributed by atoms with E-state index in [2.05, 4.69) is 61.0 Å². The van der Waals surface area contributed by atoms with E-state index in [0.717, 1.165) is 60.0 Å². The van der Waals surface area contributed by atoms with Gasteiger partial charge in [0.15, 0.2) is 5.01 Å². The summed E-state index contributed by atoms with van der Waals surface area (Å²) < 4.78 is 1.77. The van der Waals surface area contributed by atoms with E-state index in [1.807, 2.05) is 80.6 Å². The highest BCUT2D eigenvalue weighted by Gasteiger charge is 2.45. The number of carbonyl (C=O) groups is 4. The van der Waals surface area contributed by atoms with Crippen molar-refractivity contribution < 1.29 is 24.3 Å². The zero-order chi connectivity index (χ0) is 50.8. The summed E-state index contributed by atoms with van der Waals surface area (Å²) in [6.45, 7) is 14.3. The van der Waals surface area contributed by atoms with E-state index in [0.29, 0.717) is 57.4 Å². The predicted octanol–water partition coefficient (Wildman–Crippen LogP) is 6.30. The van der Waals surface area contributed by atoms with Gasteiger partial charge in [-0.2, -0.15) is 10.4 Å². The number of anilines is 2. The molecule has 6 aromatic rings. The smallest absolute Gasteiger partial charge is 0.246 e. The third kappa shape index (κ3) is 10.8. The second-order valence-corrected chi connectivity index (χ2v) is 22.3. The van der Waals surface area contributed by atoms with Crippen LogP contribution in [0.1, 0.15) is 83.5 Å². The molecule has 1 unspecified atom stereocenters. The van der Waals surface area contributed by atoms with Crippen molar-refractivity contribution in [2.75, 3.05) is 42.9 Å². The molecular weight excluding hydrogens is 951 g/mol. The number of aromatic nitrogens is 6. The summed E-state index contributed by atoms with van der Waals surface area (Å²) in [5, 5.41) is 44.7. The second-order valence-electron chi connectivity index (χ2n) is 20.5. The Kier molecular flexibility index (Phi) is 14.7. The number of hydrogen-bond acceptors (Lipinski definition) is 15. The Morgan fingerprint density at radius 1 is 0.917 bits per heavy atom. The van der Waals surface area contributed by atoms with Gasteiger partial charge in [0, 0.05) is 75.5 Å². The van der Waals surface area contributed by atoms with Gasteiger partial charge >= 0.3 is 0 Å². The van der Waals surface area contributed by atoms with Crippen LogP contribution < -0.4 is 20.9 Å². The van der Waals surface area contributed by atoms with E-state index >= 15 is 0 Å². The van der Waals surface area contributed by atoms with E-state index in [1.165, 1.54) is 22.4 Å². The highest BCUT2D eigenvalue weighted by Crippen LogP contribution is 2.37. The molecule has 3 fully saturated rings. The maximum Gasteiger partial charge on any atom is 0.246 e. The average molecular weight is 1010 g/mol. The van der Waals surface area contributed by atoms with E-state index in [9.17, 15) is 29.5 Å². The maximum absolute atomic E-state index is 14.3. The van der Waals surface area contributed by atoms with Crippen LogP contribution in [0.5, 0.6) is 0 Å². The number of amides is 4. The van der Waals surface area contributed by atoms with Gasteiger partial charge in [-0.3, -0.25) is 24.2 Å². The first-order chi connectivity index (χ1) is 34.5. The number of fused-ring (bicyclic) bond motifs is 1. The highest BCUT2D eigenvalue weighted by atomic mass is 32.1. The van der Waals surface area contributed by atoms with Gasteiger partial charge in [0.25, 0.3) is 0 Å². The molecule has 9 rings (SSSR count). The van der Waals surface area contributed by atoms with Gasteiger partial charge in [0.05, 0.1) is 56.4 Å². The average Bonchev–Trinajstić information content (AvgIpc) is 4.21. The van der Waals surface area contributed by atoms with Crippen LogP contribution in [0.2, 0.25) is 0 Å². The number of hydrogen-bond donors (Lipinski definition) is 4. The molecule has 0 radical (unpaired) electrons. The van der Waals surface area contributed by atoms with Crippen LogP contribution in [0.4, 0.5) is 10.8 Å². The molecule has 1 aromatic carbocycles. The number of benzene rings is 1. The summed E-state index contributed by atoms with van der Waals surface area (Å²) in [7, 11) is 0. The van der Waals surface area contributed by atoms with Gasteiger partial charge in [-0.05, 0) is 87.3 Å².